The third-order valence-corrected chi connectivity index (χ3v) is 3.46. The number of amides is 1. The van der Waals surface area contributed by atoms with Crippen LogP contribution in [0.5, 0.6) is 0 Å². The van der Waals surface area contributed by atoms with Crippen molar-refractivity contribution in [3.63, 3.8) is 0 Å². The highest BCUT2D eigenvalue weighted by molar-refractivity contribution is 5.96. The highest BCUT2D eigenvalue weighted by Crippen LogP contribution is 2.21. The molecular weight excluding hydrogens is 303 g/mol. The number of hydrogen-bond acceptors (Lipinski definition) is 4. The number of aliphatic hydroxyl groups is 1. The number of nitro benzene ring substituents is 1. The Kier molecular flexibility index (Phi) is 5.02. The zero-order valence-electron chi connectivity index (χ0n) is 12.3. The zero-order valence-corrected chi connectivity index (χ0v) is 12.3. The summed E-state index contributed by atoms with van der Waals surface area (Å²) in [6.45, 7) is 1.40. The minimum Gasteiger partial charge on any atom is -0.387 e. The van der Waals surface area contributed by atoms with E-state index in [1.807, 2.05) is 0 Å². The van der Waals surface area contributed by atoms with Gasteiger partial charge in [0.15, 0.2) is 0 Å². The molecule has 0 radical (unpaired) electrons. The third kappa shape index (κ3) is 3.89. The van der Waals surface area contributed by atoms with Crippen LogP contribution in [0.15, 0.2) is 42.5 Å². The number of carbonyl (C=O) groups is 1. The van der Waals surface area contributed by atoms with Gasteiger partial charge >= 0.3 is 0 Å². The lowest BCUT2D eigenvalue weighted by Gasteiger charge is -2.13. The van der Waals surface area contributed by atoms with Crippen molar-refractivity contribution in [1.29, 1.82) is 0 Å². The van der Waals surface area contributed by atoms with Crippen LogP contribution >= 0.6 is 0 Å². The first-order valence-electron chi connectivity index (χ1n) is 6.86. The summed E-state index contributed by atoms with van der Waals surface area (Å²) in [6.07, 6.45) is -1.00. The molecule has 0 aliphatic carbocycles. The molecule has 2 aromatic carbocycles. The molecule has 0 spiro atoms. The molecule has 2 rings (SSSR count). The molecular formula is C16H15FN2O4. The first kappa shape index (κ1) is 16.6. The van der Waals surface area contributed by atoms with Gasteiger partial charge in [0, 0.05) is 23.7 Å². The van der Waals surface area contributed by atoms with Crippen LogP contribution < -0.4 is 5.32 Å². The van der Waals surface area contributed by atoms with E-state index in [4.69, 9.17) is 0 Å². The second kappa shape index (κ2) is 6.97. The van der Waals surface area contributed by atoms with Crippen LogP contribution in [-0.4, -0.2) is 22.5 Å². The molecule has 1 atom stereocenters. The van der Waals surface area contributed by atoms with E-state index < -0.39 is 22.8 Å². The van der Waals surface area contributed by atoms with Crippen molar-refractivity contribution in [1.82, 2.24) is 5.32 Å². The van der Waals surface area contributed by atoms with Gasteiger partial charge in [0.1, 0.15) is 5.82 Å². The average Bonchev–Trinajstić information content (AvgIpc) is 2.53. The predicted octanol–water partition coefficient (Wildman–Crippen LogP) is 2.51. The number of benzene rings is 2. The maximum atomic E-state index is 12.8. The minimum atomic E-state index is -1.00. The molecule has 1 amide bonds. The summed E-state index contributed by atoms with van der Waals surface area (Å²) in [7, 11) is 0. The highest BCUT2D eigenvalue weighted by Gasteiger charge is 2.18. The number of aliphatic hydroxyl groups excluding tert-OH is 1. The average molecular weight is 318 g/mol. The van der Waals surface area contributed by atoms with Crippen LogP contribution in [0.2, 0.25) is 0 Å². The number of rotatable bonds is 5. The Morgan fingerprint density at radius 1 is 1.30 bits per heavy atom. The molecule has 1 unspecified atom stereocenters. The van der Waals surface area contributed by atoms with Gasteiger partial charge in [0.25, 0.3) is 11.6 Å². The van der Waals surface area contributed by atoms with Gasteiger partial charge in [-0.25, -0.2) is 4.39 Å². The van der Waals surface area contributed by atoms with Crippen molar-refractivity contribution < 1.29 is 19.2 Å². The van der Waals surface area contributed by atoms with Crippen LogP contribution in [0.1, 0.15) is 27.6 Å². The monoisotopic (exact) mass is 318 g/mol. The van der Waals surface area contributed by atoms with Crippen molar-refractivity contribution in [2.24, 2.45) is 0 Å². The minimum absolute atomic E-state index is 0.0907. The number of hydrogen-bond donors (Lipinski definition) is 2. The lowest BCUT2D eigenvalue weighted by molar-refractivity contribution is -0.385. The Hall–Kier alpha value is -2.80. The molecule has 0 bridgehead atoms. The number of carbonyl (C=O) groups excluding carboxylic acids is 1. The summed E-state index contributed by atoms with van der Waals surface area (Å²) in [4.78, 5) is 22.4. The van der Waals surface area contributed by atoms with E-state index in [0.29, 0.717) is 5.56 Å². The van der Waals surface area contributed by atoms with E-state index in [9.17, 15) is 24.4 Å². The lowest BCUT2D eigenvalue weighted by atomic mass is 10.1. The van der Waals surface area contributed by atoms with Gasteiger partial charge in [-0.05, 0) is 30.7 Å². The smallest absolute Gasteiger partial charge is 0.273 e. The van der Waals surface area contributed by atoms with Crippen molar-refractivity contribution in [3.05, 3.63) is 75.1 Å². The topological polar surface area (TPSA) is 92.5 Å². The predicted molar refractivity (Wildman–Crippen MR) is 81.5 cm³/mol. The molecule has 0 fully saturated rings. The molecule has 2 N–H and O–H groups in total. The van der Waals surface area contributed by atoms with Gasteiger partial charge in [-0.3, -0.25) is 14.9 Å². The maximum Gasteiger partial charge on any atom is 0.273 e. The molecule has 23 heavy (non-hydrogen) atoms. The van der Waals surface area contributed by atoms with Crippen LogP contribution in [-0.2, 0) is 0 Å². The Labute approximate surface area is 131 Å². The van der Waals surface area contributed by atoms with Gasteiger partial charge in [0.05, 0.1) is 11.0 Å². The summed E-state index contributed by atoms with van der Waals surface area (Å²) < 4.78 is 12.8. The van der Waals surface area contributed by atoms with Gasteiger partial charge < -0.3 is 10.4 Å². The standard InChI is InChI=1S/C16H15FN2O4/c1-10-13(3-2-4-14(10)19(22)23)16(21)18-9-15(20)11-5-7-12(17)8-6-11/h2-8,15,20H,9H2,1H3,(H,18,21). The van der Waals surface area contributed by atoms with Gasteiger partial charge in [-0.2, -0.15) is 0 Å². The van der Waals surface area contributed by atoms with E-state index in [0.717, 1.165) is 0 Å². The number of nitrogens with zero attached hydrogens (tertiary/aromatic N) is 1. The molecule has 2 aromatic rings. The van der Waals surface area contributed by atoms with Gasteiger partial charge in [-0.1, -0.05) is 18.2 Å². The molecule has 0 saturated carbocycles. The second-order valence-electron chi connectivity index (χ2n) is 4.98. The molecule has 0 aromatic heterocycles. The fraction of sp³-hybridized carbons (Fsp3) is 0.188. The van der Waals surface area contributed by atoms with E-state index in [1.165, 1.54) is 49.4 Å². The van der Waals surface area contributed by atoms with Gasteiger partial charge in [0.2, 0.25) is 0 Å². The third-order valence-electron chi connectivity index (χ3n) is 3.46. The van der Waals surface area contributed by atoms with Crippen molar-refractivity contribution >= 4 is 11.6 Å². The fourth-order valence-corrected chi connectivity index (χ4v) is 2.15. The highest BCUT2D eigenvalue weighted by atomic mass is 19.1. The second-order valence-corrected chi connectivity index (χ2v) is 4.98. The SMILES string of the molecule is Cc1c(C(=O)NCC(O)c2ccc(F)cc2)cccc1[N+](=O)[O-]. The fourth-order valence-electron chi connectivity index (χ4n) is 2.15. The maximum absolute atomic E-state index is 12.8. The van der Waals surface area contributed by atoms with E-state index in [-0.39, 0.29) is 23.4 Å². The number of nitro groups is 1. The summed E-state index contributed by atoms with van der Waals surface area (Å²) >= 11 is 0. The van der Waals surface area contributed by atoms with Crippen LogP contribution in [0.4, 0.5) is 10.1 Å². The quantitative estimate of drug-likeness (QED) is 0.654. The molecule has 120 valence electrons. The lowest BCUT2D eigenvalue weighted by Crippen LogP contribution is -2.29. The molecule has 7 heteroatoms. The van der Waals surface area contributed by atoms with Crippen LogP contribution in [0, 0.1) is 22.9 Å². The molecule has 0 heterocycles. The number of halogens is 1. The molecule has 6 nitrogen and oxygen atoms in total. The zero-order chi connectivity index (χ0) is 17.0. The van der Waals surface area contributed by atoms with E-state index >= 15 is 0 Å². The molecule has 0 saturated heterocycles. The number of nitrogens with one attached hydrogen (secondary N) is 1. The van der Waals surface area contributed by atoms with E-state index in [1.54, 1.807) is 0 Å². The largest absolute Gasteiger partial charge is 0.387 e. The molecule has 0 aliphatic rings. The first-order chi connectivity index (χ1) is 10.9. The van der Waals surface area contributed by atoms with E-state index in [2.05, 4.69) is 5.32 Å². The molecule has 0 aliphatic heterocycles. The summed E-state index contributed by atoms with van der Waals surface area (Å²) in [5.41, 5.74) is 0.746. The normalized spacial score (nSPS) is 11.8. The van der Waals surface area contributed by atoms with Crippen LogP contribution in [0.3, 0.4) is 0 Å². The first-order valence-corrected chi connectivity index (χ1v) is 6.86. The summed E-state index contributed by atoms with van der Waals surface area (Å²) in [6, 6.07) is 9.49. The van der Waals surface area contributed by atoms with Crippen molar-refractivity contribution in [3.8, 4) is 0 Å². The van der Waals surface area contributed by atoms with Crippen molar-refractivity contribution in [2.75, 3.05) is 6.54 Å². The Balaban J connectivity index is 2.06. The van der Waals surface area contributed by atoms with Crippen molar-refractivity contribution in [2.45, 2.75) is 13.0 Å². The summed E-state index contributed by atoms with van der Waals surface area (Å²) in [5, 5.41) is 23.4. The Morgan fingerprint density at radius 3 is 2.57 bits per heavy atom. The summed E-state index contributed by atoms with van der Waals surface area (Å²) in [5.74, 6) is -0.940. The Morgan fingerprint density at radius 2 is 1.96 bits per heavy atom. The van der Waals surface area contributed by atoms with Gasteiger partial charge in [-0.15, -0.1) is 0 Å². The Bertz CT molecular complexity index is 731. The van der Waals surface area contributed by atoms with Crippen LogP contribution in [0.25, 0.3) is 0 Å².